The van der Waals surface area contributed by atoms with Crippen molar-refractivity contribution >= 4 is 0 Å². The van der Waals surface area contributed by atoms with Gasteiger partial charge in [0.15, 0.2) is 23.0 Å². The Labute approximate surface area is 182 Å². The lowest BCUT2D eigenvalue weighted by Gasteiger charge is -2.25. The largest absolute Gasteiger partial charge is 0.496 e. The molecule has 0 saturated heterocycles. The summed E-state index contributed by atoms with van der Waals surface area (Å²) in [7, 11) is 9.63. The third kappa shape index (κ3) is 4.30. The van der Waals surface area contributed by atoms with Crippen LogP contribution in [0.5, 0.6) is 34.5 Å². The van der Waals surface area contributed by atoms with Crippen molar-refractivity contribution in [2.45, 2.75) is 5.92 Å². The Balaban J connectivity index is 2.35. The van der Waals surface area contributed by atoms with Crippen LogP contribution in [-0.2, 0) is 0 Å². The molecule has 0 amide bonds. The Morgan fingerprint density at radius 3 is 1.35 bits per heavy atom. The molecule has 0 N–H and O–H groups in total. The molecule has 0 atom stereocenters. The maximum atomic E-state index is 5.73. The first-order valence-electron chi connectivity index (χ1n) is 9.61. The van der Waals surface area contributed by atoms with Gasteiger partial charge in [-0.3, -0.25) is 4.98 Å². The minimum atomic E-state index is -0.293. The van der Waals surface area contributed by atoms with Gasteiger partial charge in [0, 0.05) is 41.6 Å². The van der Waals surface area contributed by atoms with Crippen LogP contribution < -0.4 is 28.4 Å². The first-order valence-corrected chi connectivity index (χ1v) is 9.61. The molecule has 164 valence electrons. The standard InChI is InChI=1S/C24H27NO6/c1-26-18-12-22(30-5)20(28-3)10-16(18)24(15-8-7-9-25-14-15)17-11-21(29-4)23(31-6)13-19(17)27-2/h7-14,24H,1-6H3. The van der Waals surface area contributed by atoms with Crippen molar-refractivity contribution in [2.75, 3.05) is 42.7 Å². The number of aromatic nitrogens is 1. The van der Waals surface area contributed by atoms with Gasteiger partial charge in [-0.05, 0) is 23.8 Å². The quantitative estimate of drug-likeness (QED) is 0.506. The number of ether oxygens (including phenoxy) is 6. The molecule has 31 heavy (non-hydrogen) atoms. The van der Waals surface area contributed by atoms with E-state index in [1.54, 1.807) is 48.9 Å². The van der Waals surface area contributed by atoms with E-state index in [1.165, 1.54) is 0 Å². The highest BCUT2D eigenvalue weighted by molar-refractivity contribution is 5.61. The molecular weight excluding hydrogens is 398 g/mol. The van der Waals surface area contributed by atoms with Gasteiger partial charge >= 0.3 is 0 Å². The van der Waals surface area contributed by atoms with Crippen molar-refractivity contribution in [3.05, 3.63) is 65.5 Å². The third-order valence-electron chi connectivity index (χ3n) is 5.11. The summed E-state index contributed by atoms with van der Waals surface area (Å²) in [4.78, 5) is 4.33. The average molecular weight is 425 g/mol. The number of methoxy groups -OCH3 is 6. The van der Waals surface area contributed by atoms with Gasteiger partial charge < -0.3 is 28.4 Å². The van der Waals surface area contributed by atoms with E-state index in [1.807, 2.05) is 42.6 Å². The highest BCUT2D eigenvalue weighted by atomic mass is 16.5. The van der Waals surface area contributed by atoms with E-state index in [-0.39, 0.29) is 5.92 Å². The fraction of sp³-hybridized carbons (Fsp3) is 0.292. The number of benzene rings is 2. The zero-order valence-corrected chi connectivity index (χ0v) is 18.6. The average Bonchev–Trinajstić information content (AvgIpc) is 2.83. The van der Waals surface area contributed by atoms with Gasteiger partial charge in [-0.1, -0.05) is 6.07 Å². The summed E-state index contributed by atoms with van der Waals surface area (Å²) in [6.07, 6.45) is 3.55. The molecular formula is C24H27NO6. The second-order valence-electron chi connectivity index (χ2n) is 6.62. The molecule has 0 aliphatic rings. The molecule has 1 heterocycles. The molecule has 0 unspecified atom stereocenters. The topological polar surface area (TPSA) is 68.3 Å². The Bertz CT molecular complexity index is 959. The minimum Gasteiger partial charge on any atom is -0.496 e. The van der Waals surface area contributed by atoms with E-state index < -0.39 is 0 Å². The van der Waals surface area contributed by atoms with Crippen molar-refractivity contribution in [1.82, 2.24) is 4.98 Å². The second kappa shape index (κ2) is 9.93. The van der Waals surface area contributed by atoms with Crippen molar-refractivity contribution < 1.29 is 28.4 Å². The van der Waals surface area contributed by atoms with E-state index in [0.29, 0.717) is 34.5 Å². The molecule has 0 spiro atoms. The summed E-state index contributed by atoms with van der Waals surface area (Å²) < 4.78 is 33.5. The SMILES string of the molecule is COc1cc(OC)c(C(c2cccnc2)c2cc(OC)c(OC)cc2OC)cc1OC. The Morgan fingerprint density at radius 1 is 0.581 bits per heavy atom. The van der Waals surface area contributed by atoms with Crippen molar-refractivity contribution in [2.24, 2.45) is 0 Å². The normalized spacial score (nSPS) is 10.5. The maximum Gasteiger partial charge on any atom is 0.164 e. The number of hydrogen-bond donors (Lipinski definition) is 0. The van der Waals surface area contributed by atoms with E-state index in [9.17, 15) is 0 Å². The van der Waals surface area contributed by atoms with Crippen molar-refractivity contribution in [3.8, 4) is 34.5 Å². The van der Waals surface area contributed by atoms with Crippen molar-refractivity contribution in [3.63, 3.8) is 0 Å². The zero-order chi connectivity index (χ0) is 22.4. The van der Waals surface area contributed by atoms with Gasteiger partial charge in [-0.2, -0.15) is 0 Å². The number of hydrogen-bond acceptors (Lipinski definition) is 7. The molecule has 2 aromatic carbocycles. The summed E-state index contributed by atoms with van der Waals surface area (Å²) in [6.45, 7) is 0. The van der Waals surface area contributed by atoms with Crippen LogP contribution >= 0.6 is 0 Å². The van der Waals surface area contributed by atoms with Gasteiger partial charge in [0.05, 0.1) is 42.7 Å². The lowest BCUT2D eigenvalue weighted by atomic mass is 9.84. The van der Waals surface area contributed by atoms with E-state index in [4.69, 9.17) is 28.4 Å². The minimum absolute atomic E-state index is 0.293. The molecule has 0 aliphatic carbocycles. The Morgan fingerprint density at radius 2 is 1.00 bits per heavy atom. The van der Waals surface area contributed by atoms with Gasteiger partial charge in [-0.15, -0.1) is 0 Å². The lowest BCUT2D eigenvalue weighted by Crippen LogP contribution is -2.09. The molecule has 7 nitrogen and oxygen atoms in total. The van der Waals surface area contributed by atoms with Crippen LogP contribution in [0.2, 0.25) is 0 Å². The molecule has 3 aromatic rings. The molecule has 0 radical (unpaired) electrons. The Kier molecular flexibility index (Phi) is 7.07. The van der Waals surface area contributed by atoms with Gasteiger partial charge in [0.25, 0.3) is 0 Å². The predicted octanol–water partition coefficient (Wildman–Crippen LogP) is 4.31. The van der Waals surface area contributed by atoms with E-state index >= 15 is 0 Å². The maximum absolute atomic E-state index is 5.73. The second-order valence-corrected chi connectivity index (χ2v) is 6.62. The predicted molar refractivity (Wildman–Crippen MR) is 117 cm³/mol. The van der Waals surface area contributed by atoms with Crippen LogP contribution in [-0.4, -0.2) is 47.6 Å². The number of rotatable bonds is 9. The molecule has 0 bridgehead atoms. The number of nitrogens with zero attached hydrogens (tertiary/aromatic N) is 1. The highest BCUT2D eigenvalue weighted by Gasteiger charge is 2.28. The van der Waals surface area contributed by atoms with Crippen LogP contribution in [0.3, 0.4) is 0 Å². The summed E-state index contributed by atoms with van der Waals surface area (Å²) in [5.74, 6) is 3.32. The smallest absolute Gasteiger partial charge is 0.164 e. The fourth-order valence-electron chi connectivity index (χ4n) is 3.63. The van der Waals surface area contributed by atoms with E-state index in [2.05, 4.69) is 4.98 Å². The zero-order valence-electron chi connectivity index (χ0n) is 18.6. The first-order chi connectivity index (χ1) is 15.1. The van der Waals surface area contributed by atoms with Crippen molar-refractivity contribution in [1.29, 1.82) is 0 Å². The van der Waals surface area contributed by atoms with Crippen LogP contribution in [0.4, 0.5) is 0 Å². The highest BCUT2D eigenvalue weighted by Crippen LogP contribution is 2.47. The van der Waals surface area contributed by atoms with E-state index in [0.717, 1.165) is 16.7 Å². The van der Waals surface area contributed by atoms with Gasteiger partial charge in [-0.25, -0.2) is 0 Å². The monoisotopic (exact) mass is 425 g/mol. The third-order valence-corrected chi connectivity index (χ3v) is 5.11. The molecule has 0 aliphatic heterocycles. The summed E-state index contributed by atoms with van der Waals surface area (Å²) >= 11 is 0. The molecule has 7 heteroatoms. The molecule has 3 rings (SSSR count). The fourth-order valence-corrected chi connectivity index (χ4v) is 3.63. The van der Waals surface area contributed by atoms with Crippen LogP contribution in [0.25, 0.3) is 0 Å². The number of pyridine rings is 1. The molecule has 0 fully saturated rings. The molecule has 1 aromatic heterocycles. The van der Waals surface area contributed by atoms with Crippen LogP contribution in [0, 0.1) is 0 Å². The van der Waals surface area contributed by atoms with Gasteiger partial charge in [0.1, 0.15) is 11.5 Å². The summed E-state index contributed by atoms with van der Waals surface area (Å²) in [5, 5.41) is 0. The Hall–Kier alpha value is -3.61. The first kappa shape index (κ1) is 22.1. The van der Waals surface area contributed by atoms with Crippen LogP contribution in [0.15, 0.2) is 48.8 Å². The van der Waals surface area contributed by atoms with Gasteiger partial charge in [0.2, 0.25) is 0 Å². The lowest BCUT2D eigenvalue weighted by molar-refractivity contribution is 0.345. The molecule has 0 saturated carbocycles. The summed E-state index contributed by atoms with van der Waals surface area (Å²) in [6, 6.07) is 11.3. The summed E-state index contributed by atoms with van der Waals surface area (Å²) in [5.41, 5.74) is 2.66. The van der Waals surface area contributed by atoms with Crippen LogP contribution in [0.1, 0.15) is 22.6 Å².